The van der Waals surface area contributed by atoms with E-state index in [1.165, 1.54) is 30.3 Å². The number of hydrogen-bond acceptors (Lipinski definition) is 3. The summed E-state index contributed by atoms with van der Waals surface area (Å²) >= 11 is 0. The minimum Gasteiger partial charge on any atom is -0.268 e. The van der Waals surface area contributed by atoms with E-state index in [-0.39, 0.29) is 5.56 Å². The third-order valence-corrected chi connectivity index (χ3v) is 4.17. The van der Waals surface area contributed by atoms with Crippen molar-refractivity contribution in [2.75, 3.05) is 0 Å². The lowest BCUT2D eigenvalue weighted by Gasteiger charge is -2.06. The number of benzene rings is 2. The van der Waals surface area contributed by atoms with Crippen LogP contribution in [-0.2, 0) is 4.79 Å². The van der Waals surface area contributed by atoms with Gasteiger partial charge in [-0.1, -0.05) is 30.3 Å². The maximum absolute atomic E-state index is 13.6. The second kappa shape index (κ2) is 8.30. The molecule has 0 saturated carbocycles. The molecule has 2 amide bonds. The summed E-state index contributed by atoms with van der Waals surface area (Å²) in [5.74, 6) is -1.94. The number of halogens is 1. The van der Waals surface area contributed by atoms with Crippen molar-refractivity contribution in [3.05, 3.63) is 89.0 Å². The van der Waals surface area contributed by atoms with Crippen molar-refractivity contribution in [1.29, 1.82) is 0 Å². The summed E-state index contributed by atoms with van der Waals surface area (Å²) in [5.41, 5.74) is 7.64. The highest BCUT2D eigenvalue weighted by atomic mass is 19.1. The van der Waals surface area contributed by atoms with E-state index in [0.717, 1.165) is 22.6 Å². The van der Waals surface area contributed by atoms with Crippen LogP contribution in [0.3, 0.4) is 0 Å². The molecule has 142 valence electrons. The highest BCUT2D eigenvalue weighted by molar-refractivity contribution is 5.98. The van der Waals surface area contributed by atoms with Gasteiger partial charge >= 0.3 is 0 Å². The van der Waals surface area contributed by atoms with Crippen molar-refractivity contribution in [3.63, 3.8) is 0 Å². The molecule has 6 nitrogen and oxygen atoms in total. The zero-order valence-electron chi connectivity index (χ0n) is 15.4. The zero-order chi connectivity index (χ0) is 20.1. The fraction of sp³-hybridized carbons (Fsp3) is 0.0952. The van der Waals surface area contributed by atoms with Crippen molar-refractivity contribution < 1.29 is 14.0 Å². The van der Waals surface area contributed by atoms with Crippen LogP contribution < -0.4 is 10.9 Å². The first-order chi connectivity index (χ1) is 13.5. The average molecular weight is 378 g/mol. The summed E-state index contributed by atoms with van der Waals surface area (Å²) < 4.78 is 15.4. The van der Waals surface area contributed by atoms with Crippen LogP contribution in [0.15, 0.2) is 60.7 Å². The monoisotopic (exact) mass is 378 g/mol. The molecular weight excluding hydrogens is 359 g/mol. The van der Waals surface area contributed by atoms with Crippen LogP contribution in [0.4, 0.5) is 4.39 Å². The fourth-order valence-electron chi connectivity index (χ4n) is 2.75. The van der Waals surface area contributed by atoms with Crippen molar-refractivity contribution in [2.45, 2.75) is 13.8 Å². The van der Waals surface area contributed by atoms with Crippen molar-refractivity contribution in [1.82, 2.24) is 20.6 Å². The molecule has 1 heterocycles. The fourth-order valence-corrected chi connectivity index (χ4v) is 2.75. The van der Waals surface area contributed by atoms with Gasteiger partial charge in [-0.15, -0.1) is 0 Å². The number of carbonyl (C=O) groups excluding carboxylic acids is 2. The SMILES string of the molecule is Cc1nn(-c2ccccc2)c(C)c1/C=C/C(=O)NNC(=O)c1ccccc1F. The van der Waals surface area contributed by atoms with Gasteiger partial charge in [-0.05, 0) is 44.2 Å². The van der Waals surface area contributed by atoms with Gasteiger partial charge in [0.1, 0.15) is 5.82 Å². The van der Waals surface area contributed by atoms with Crippen LogP contribution in [0, 0.1) is 19.7 Å². The third-order valence-electron chi connectivity index (χ3n) is 4.17. The van der Waals surface area contributed by atoms with E-state index in [1.54, 1.807) is 10.8 Å². The number of nitrogens with zero attached hydrogens (tertiary/aromatic N) is 2. The van der Waals surface area contributed by atoms with Gasteiger partial charge in [0.25, 0.3) is 11.8 Å². The lowest BCUT2D eigenvalue weighted by molar-refractivity contribution is -0.117. The number of amides is 2. The lowest BCUT2D eigenvalue weighted by Crippen LogP contribution is -2.41. The molecule has 0 spiro atoms. The summed E-state index contributed by atoms with van der Waals surface area (Å²) in [6.07, 6.45) is 2.91. The molecule has 0 aliphatic rings. The number of para-hydroxylation sites is 1. The number of hydrazine groups is 1. The van der Waals surface area contributed by atoms with Crippen molar-refractivity contribution in [2.24, 2.45) is 0 Å². The molecule has 3 rings (SSSR count). The van der Waals surface area contributed by atoms with E-state index >= 15 is 0 Å². The smallest absolute Gasteiger partial charge is 0.268 e. The number of hydrogen-bond donors (Lipinski definition) is 2. The summed E-state index contributed by atoms with van der Waals surface area (Å²) in [4.78, 5) is 23.9. The Kier molecular flexibility index (Phi) is 5.64. The van der Waals surface area contributed by atoms with Crippen LogP contribution in [0.5, 0.6) is 0 Å². The van der Waals surface area contributed by atoms with E-state index in [4.69, 9.17) is 0 Å². The second-order valence-electron chi connectivity index (χ2n) is 6.09. The average Bonchev–Trinajstić information content (AvgIpc) is 2.99. The topological polar surface area (TPSA) is 76.0 Å². The largest absolute Gasteiger partial charge is 0.272 e. The molecule has 7 heteroatoms. The number of aryl methyl sites for hydroxylation is 1. The Bertz CT molecular complexity index is 1040. The zero-order valence-corrected chi connectivity index (χ0v) is 15.4. The molecule has 2 N–H and O–H groups in total. The Balaban J connectivity index is 1.67. The van der Waals surface area contributed by atoms with E-state index in [9.17, 15) is 14.0 Å². The number of nitrogens with one attached hydrogen (secondary N) is 2. The van der Waals surface area contributed by atoms with Gasteiger partial charge in [-0.3, -0.25) is 20.4 Å². The molecule has 28 heavy (non-hydrogen) atoms. The van der Waals surface area contributed by atoms with Crippen LogP contribution in [0.25, 0.3) is 11.8 Å². The van der Waals surface area contributed by atoms with E-state index in [0.29, 0.717) is 0 Å². The summed E-state index contributed by atoms with van der Waals surface area (Å²) in [6.45, 7) is 3.76. The first-order valence-corrected chi connectivity index (χ1v) is 8.62. The predicted octanol–water partition coefficient (Wildman–Crippen LogP) is 3.10. The number of rotatable bonds is 4. The van der Waals surface area contributed by atoms with Crippen molar-refractivity contribution in [3.8, 4) is 5.69 Å². The second-order valence-corrected chi connectivity index (χ2v) is 6.09. The highest BCUT2D eigenvalue weighted by Gasteiger charge is 2.12. The quantitative estimate of drug-likeness (QED) is 0.541. The maximum atomic E-state index is 13.6. The van der Waals surface area contributed by atoms with Gasteiger partial charge in [0, 0.05) is 17.3 Å². The Morgan fingerprint density at radius 1 is 1.00 bits per heavy atom. The number of aromatic nitrogens is 2. The van der Waals surface area contributed by atoms with E-state index < -0.39 is 17.6 Å². The minimum absolute atomic E-state index is 0.150. The minimum atomic E-state index is -0.732. The molecule has 0 atom stereocenters. The summed E-state index contributed by atoms with van der Waals surface area (Å²) in [5, 5.41) is 4.50. The van der Waals surface area contributed by atoms with Gasteiger partial charge < -0.3 is 0 Å². The highest BCUT2D eigenvalue weighted by Crippen LogP contribution is 2.19. The molecule has 0 radical (unpaired) electrons. The molecule has 0 fully saturated rings. The first-order valence-electron chi connectivity index (χ1n) is 8.62. The van der Waals surface area contributed by atoms with Crippen LogP contribution in [0.2, 0.25) is 0 Å². The normalized spacial score (nSPS) is 10.8. The Hall–Kier alpha value is -3.74. The molecule has 0 saturated heterocycles. The van der Waals surface area contributed by atoms with Crippen LogP contribution in [-0.4, -0.2) is 21.6 Å². The molecule has 0 aliphatic carbocycles. The predicted molar refractivity (Wildman–Crippen MR) is 104 cm³/mol. The molecule has 0 bridgehead atoms. The van der Waals surface area contributed by atoms with Gasteiger partial charge in [0.05, 0.1) is 16.9 Å². The Morgan fingerprint density at radius 2 is 1.68 bits per heavy atom. The van der Waals surface area contributed by atoms with Gasteiger partial charge in [-0.25, -0.2) is 9.07 Å². The molecule has 1 aromatic heterocycles. The molecule has 0 unspecified atom stereocenters. The van der Waals surface area contributed by atoms with E-state index in [1.807, 2.05) is 44.2 Å². The Labute approximate surface area is 161 Å². The number of carbonyl (C=O) groups is 2. The molecule has 0 aliphatic heterocycles. The van der Waals surface area contributed by atoms with Crippen molar-refractivity contribution >= 4 is 17.9 Å². The third kappa shape index (κ3) is 4.15. The summed E-state index contributed by atoms with van der Waals surface area (Å²) in [7, 11) is 0. The lowest BCUT2D eigenvalue weighted by atomic mass is 10.2. The van der Waals surface area contributed by atoms with Gasteiger partial charge in [0.15, 0.2) is 0 Å². The maximum Gasteiger partial charge on any atom is 0.272 e. The first kappa shape index (κ1) is 19.0. The van der Waals surface area contributed by atoms with Crippen LogP contribution in [0.1, 0.15) is 27.3 Å². The molecule has 2 aromatic carbocycles. The van der Waals surface area contributed by atoms with Crippen LogP contribution >= 0.6 is 0 Å². The standard InChI is InChI=1S/C21H19FN4O2/c1-14-17(15(2)26(25-14)16-8-4-3-5-9-16)12-13-20(27)23-24-21(28)18-10-6-7-11-19(18)22/h3-13H,1-2H3,(H,23,27)(H,24,28)/b13-12+. The molecule has 3 aromatic rings. The Morgan fingerprint density at radius 3 is 2.39 bits per heavy atom. The summed E-state index contributed by atoms with van der Waals surface area (Å²) in [6, 6.07) is 15.2. The molecular formula is C21H19FN4O2. The van der Waals surface area contributed by atoms with Gasteiger partial charge in [-0.2, -0.15) is 5.10 Å². The van der Waals surface area contributed by atoms with E-state index in [2.05, 4.69) is 16.0 Å². The van der Waals surface area contributed by atoms with Gasteiger partial charge in [0.2, 0.25) is 0 Å².